The van der Waals surface area contributed by atoms with Gasteiger partial charge >= 0.3 is 0 Å². The fourth-order valence-corrected chi connectivity index (χ4v) is 5.60. The summed E-state index contributed by atoms with van der Waals surface area (Å²) in [5, 5.41) is 3.11. The zero-order chi connectivity index (χ0) is 18.0. The van der Waals surface area contributed by atoms with Gasteiger partial charge in [-0.15, -0.1) is 0 Å². The molecule has 1 saturated carbocycles. The first-order valence-electron chi connectivity index (χ1n) is 10.6. The van der Waals surface area contributed by atoms with E-state index in [0.29, 0.717) is 12.0 Å². The van der Waals surface area contributed by atoms with E-state index in [0.717, 1.165) is 45.6 Å². The maximum Gasteiger partial charge on any atom is 0.241 e. The van der Waals surface area contributed by atoms with Gasteiger partial charge in [-0.3, -0.25) is 14.6 Å². The summed E-state index contributed by atoms with van der Waals surface area (Å²) in [6.45, 7) is 6.08. The Bertz CT molecular complexity index is 609. The molecule has 3 aliphatic rings. The van der Waals surface area contributed by atoms with Crippen LogP contribution in [-0.4, -0.2) is 53.6 Å². The Labute approximate surface area is 157 Å². The van der Waals surface area contributed by atoms with Crippen LogP contribution in [0.3, 0.4) is 0 Å². The molecule has 2 atom stereocenters. The third-order valence-corrected chi connectivity index (χ3v) is 7.00. The standard InChI is InChI=1S/C22H33N3O/c1-2-14-25-17-23-21(26)22(25)12-15-24(16-13-22)20-11-7-6-10-19(20)18-8-4-3-5-9-18/h3-5,8-9,19-20H,2,6-7,10-17H2,1H3,(H,23,26)/t19-,20-/m0/s1. The molecule has 4 heteroatoms. The molecule has 1 aromatic rings. The third-order valence-electron chi connectivity index (χ3n) is 7.00. The Morgan fingerprint density at radius 3 is 2.58 bits per heavy atom. The second-order valence-electron chi connectivity index (χ2n) is 8.36. The van der Waals surface area contributed by atoms with E-state index in [2.05, 4.69) is 52.4 Å². The smallest absolute Gasteiger partial charge is 0.241 e. The fourth-order valence-electron chi connectivity index (χ4n) is 5.60. The Kier molecular flexibility index (Phi) is 5.32. The largest absolute Gasteiger partial charge is 0.342 e. The highest BCUT2D eigenvalue weighted by Gasteiger charge is 2.50. The van der Waals surface area contributed by atoms with E-state index in [1.54, 1.807) is 0 Å². The number of piperidine rings is 1. The number of benzene rings is 1. The second kappa shape index (κ2) is 7.69. The van der Waals surface area contributed by atoms with Gasteiger partial charge in [-0.25, -0.2) is 0 Å². The molecular weight excluding hydrogens is 322 g/mol. The van der Waals surface area contributed by atoms with Gasteiger partial charge < -0.3 is 5.32 Å². The molecule has 1 aromatic carbocycles. The van der Waals surface area contributed by atoms with Gasteiger partial charge in [-0.05, 0) is 43.6 Å². The van der Waals surface area contributed by atoms with Crippen LogP contribution in [0, 0.1) is 0 Å². The van der Waals surface area contributed by atoms with Crippen molar-refractivity contribution < 1.29 is 4.79 Å². The number of amides is 1. The minimum atomic E-state index is -0.233. The van der Waals surface area contributed by atoms with Crippen LogP contribution in [0.5, 0.6) is 0 Å². The van der Waals surface area contributed by atoms with E-state index in [4.69, 9.17) is 0 Å². The van der Waals surface area contributed by atoms with Gasteiger partial charge in [0.05, 0.1) is 6.67 Å². The van der Waals surface area contributed by atoms with Crippen LogP contribution in [0.25, 0.3) is 0 Å². The normalized spacial score (nSPS) is 29.8. The second-order valence-corrected chi connectivity index (χ2v) is 8.36. The molecule has 1 N–H and O–H groups in total. The lowest BCUT2D eigenvalue weighted by molar-refractivity contribution is -0.129. The average Bonchev–Trinajstić information content (AvgIpc) is 2.99. The van der Waals surface area contributed by atoms with Crippen molar-refractivity contribution in [1.29, 1.82) is 0 Å². The van der Waals surface area contributed by atoms with E-state index < -0.39 is 0 Å². The molecule has 26 heavy (non-hydrogen) atoms. The number of carbonyl (C=O) groups is 1. The molecule has 0 aromatic heterocycles. The first-order valence-corrected chi connectivity index (χ1v) is 10.6. The molecule has 142 valence electrons. The summed E-state index contributed by atoms with van der Waals surface area (Å²) in [7, 11) is 0. The summed E-state index contributed by atoms with van der Waals surface area (Å²) in [6.07, 6.45) is 8.38. The van der Waals surface area contributed by atoms with Gasteiger partial charge in [0.2, 0.25) is 5.91 Å². The molecule has 4 nitrogen and oxygen atoms in total. The van der Waals surface area contributed by atoms with E-state index in [1.807, 2.05) is 0 Å². The van der Waals surface area contributed by atoms with E-state index in [9.17, 15) is 4.79 Å². The fraction of sp³-hybridized carbons (Fsp3) is 0.682. The highest BCUT2D eigenvalue weighted by molar-refractivity contribution is 5.88. The van der Waals surface area contributed by atoms with Gasteiger partial charge in [0, 0.05) is 25.7 Å². The van der Waals surface area contributed by atoms with Crippen molar-refractivity contribution in [3.63, 3.8) is 0 Å². The number of likely N-dealkylation sites (tertiary alicyclic amines) is 1. The molecule has 0 unspecified atom stereocenters. The summed E-state index contributed by atoms with van der Waals surface area (Å²) >= 11 is 0. The summed E-state index contributed by atoms with van der Waals surface area (Å²) in [6, 6.07) is 11.7. The molecule has 1 aliphatic carbocycles. The van der Waals surface area contributed by atoms with Crippen molar-refractivity contribution in [2.45, 2.75) is 69.4 Å². The van der Waals surface area contributed by atoms with Crippen molar-refractivity contribution in [3.8, 4) is 0 Å². The molecule has 2 aliphatic heterocycles. The lowest BCUT2D eigenvalue weighted by atomic mass is 9.77. The summed E-state index contributed by atoms with van der Waals surface area (Å²) in [4.78, 5) is 17.7. The number of hydrogen-bond donors (Lipinski definition) is 1. The minimum Gasteiger partial charge on any atom is -0.342 e. The van der Waals surface area contributed by atoms with Crippen molar-refractivity contribution in [1.82, 2.24) is 15.1 Å². The van der Waals surface area contributed by atoms with E-state index in [1.165, 1.54) is 31.2 Å². The van der Waals surface area contributed by atoms with Crippen LogP contribution in [0.4, 0.5) is 0 Å². The zero-order valence-electron chi connectivity index (χ0n) is 16.1. The lowest BCUT2D eigenvalue weighted by Gasteiger charge is -2.47. The number of nitrogens with one attached hydrogen (secondary N) is 1. The van der Waals surface area contributed by atoms with Crippen LogP contribution in [0.15, 0.2) is 30.3 Å². The lowest BCUT2D eigenvalue weighted by Crippen LogP contribution is -2.58. The average molecular weight is 356 g/mol. The van der Waals surface area contributed by atoms with Crippen LogP contribution in [0.2, 0.25) is 0 Å². The third kappa shape index (κ3) is 3.18. The molecular formula is C22H33N3O. The molecule has 0 bridgehead atoms. The molecule has 2 saturated heterocycles. The Morgan fingerprint density at radius 1 is 1.12 bits per heavy atom. The SMILES string of the molecule is CCCN1CNC(=O)C12CCN([C@H]1CCCC[C@H]1c1ccccc1)CC2. The Hall–Kier alpha value is -1.39. The maximum absolute atomic E-state index is 12.6. The Morgan fingerprint density at radius 2 is 1.85 bits per heavy atom. The number of rotatable bonds is 4. The van der Waals surface area contributed by atoms with Gasteiger partial charge in [0.25, 0.3) is 0 Å². The van der Waals surface area contributed by atoms with Crippen molar-refractivity contribution in [3.05, 3.63) is 35.9 Å². The highest BCUT2D eigenvalue weighted by atomic mass is 16.2. The number of hydrogen-bond acceptors (Lipinski definition) is 3. The molecule has 1 spiro atoms. The molecule has 3 fully saturated rings. The van der Waals surface area contributed by atoms with E-state index >= 15 is 0 Å². The number of nitrogens with zero attached hydrogens (tertiary/aromatic N) is 2. The van der Waals surface area contributed by atoms with Crippen LogP contribution in [-0.2, 0) is 4.79 Å². The summed E-state index contributed by atoms with van der Waals surface area (Å²) in [5.74, 6) is 0.928. The molecule has 1 amide bonds. The topological polar surface area (TPSA) is 35.6 Å². The molecule has 4 rings (SSSR count). The van der Waals surface area contributed by atoms with Crippen LogP contribution in [0.1, 0.15) is 63.4 Å². The monoisotopic (exact) mass is 355 g/mol. The van der Waals surface area contributed by atoms with Crippen LogP contribution < -0.4 is 5.32 Å². The quantitative estimate of drug-likeness (QED) is 0.900. The first-order chi connectivity index (χ1) is 12.7. The van der Waals surface area contributed by atoms with Crippen LogP contribution >= 0.6 is 0 Å². The zero-order valence-corrected chi connectivity index (χ0v) is 16.1. The highest BCUT2D eigenvalue weighted by Crippen LogP contribution is 2.40. The van der Waals surface area contributed by atoms with Crippen molar-refractivity contribution >= 4 is 5.91 Å². The van der Waals surface area contributed by atoms with Gasteiger partial charge in [0.15, 0.2) is 0 Å². The Balaban J connectivity index is 1.47. The van der Waals surface area contributed by atoms with E-state index in [-0.39, 0.29) is 11.4 Å². The van der Waals surface area contributed by atoms with Crippen molar-refractivity contribution in [2.75, 3.05) is 26.3 Å². The van der Waals surface area contributed by atoms with Crippen molar-refractivity contribution in [2.24, 2.45) is 0 Å². The van der Waals surface area contributed by atoms with Gasteiger partial charge in [0.1, 0.15) is 5.54 Å². The summed E-state index contributed by atoms with van der Waals surface area (Å²) in [5.41, 5.74) is 1.27. The maximum atomic E-state index is 12.6. The predicted octanol–water partition coefficient (Wildman–Crippen LogP) is 3.35. The molecule has 0 radical (unpaired) electrons. The predicted molar refractivity (Wildman–Crippen MR) is 105 cm³/mol. The molecule has 2 heterocycles. The van der Waals surface area contributed by atoms with Gasteiger partial charge in [-0.1, -0.05) is 50.1 Å². The first kappa shape index (κ1) is 18.0. The number of carbonyl (C=O) groups excluding carboxylic acids is 1. The van der Waals surface area contributed by atoms with Gasteiger partial charge in [-0.2, -0.15) is 0 Å². The minimum absolute atomic E-state index is 0.233. The summed E-state index contributed by atoms with van der Waals surface area (Å²) < 4.78 is 0.